The molecule has 0 radical (unpaired) electrons. The summed E-state index contributed by atoms with van der Waals surface area (Å²) in [7, 11) is 0. The minimum atomic E-state index is -4.89. The summed E-state index contributed by atoms with van der Waals surface area (Å²) >= 11 is 0. The molecular formula is C67H45F3N4. The van der Waals surface area contributed by atoms with E-state index in [4.69, 9.17) is 0 Å². The van der Waals surface area contributed by atoms with Crippen LogP contribution >= 0.6 is 0 Å². The normalized spacial score (nSPS) is 11.7. The number of halogens is 3. The Morgan fingerprint density at radius 1 is 0.351 bits per heavy atom. The first-order valence-electron chi connectivity index (χ1n) is 24.5. The minimum Gasteiger partial charge on any atom is -0.308 e. The van der Waals surface area contributed by atoms with Crippen LogP contribution in [0.25, 0.3) is 111 Å². The lowest BCUT2D eigenvalue weighted by atomic mass is 9.92. The van der Waals surface area contributed by atoms with Gasteiger partial charge in [0.1, 0.15) is 0 Å². The highest BCUT2D eigenvalue weighted by Crippen LogP contribution is 2.48. The molecule has 0 spiro atoms. The van der Waals surface area contributed by atoms with E-state index in [1.807, 2.05) is 54.6 Å². The third-order valence-electron chi connectivity index (χ3n) is 14.8. The summed E-state index contributed by atoms with van der Waals surface area (Å²) in [6.07, 6.45) is -4.89. The summed E-state index contributed by atoms with van der Waals surface area (Å²) in [5.41, 5.74) is 15.1. The summed E-state index contributed by atoms with van der Waals surface area (Å²) in [5, 5.41) is 25.0. The molecule has 74 heavy (non-hydrogen) atoms. The second-order valence-corrected chi connectivity index (χ2v) is 19.2. The van der Waals surface area contributed by atoms with Crippen LogP contribution < -0.4 is 0 Å². The van der Waals surface area contributed by atoms with Gasteiger partial charge in [0.2, 0.25) is 0 Å². The number of hydrogen-bond acceptors (Lipinski definition) is 2. The topological polar surface area (TPSA) is 57.4 Å². The molecule has 0 saturated heterocycles. The molecule has 354 valence electrons. The monoisotopic (exact) mass is 962 g/mol. The molecule has 12 rings (SSSR count). The number of aromatic nitrogens is 2. The molecule has 4 nitrogen and oxygen atoms in total. The lowest BCUT2D eigenvalue weighted by molar-refractivity contribution is -0.137. The molecule has 0 aliphatic heterocycles. The van der Waals surface area contributed by atoms with Crippen molar-refractivity contribution in [2.45, 2.75) is 33.9 Å². The SMILES string of the molecule is Cc1ccccc1-c1ccc2c3ccc(-c4ccccc4C)cc3n(-c3cc(C#N)cc(-n4c5cc(-c6ccccc6C)ccc5c5ccc(-c6ccccc6C)cc54)c3-c3ccc(C#N)cc3C(F)(F)F)c2c1. The van der Waals surface area contributed by atoms with Gasteiger partial charge in [-0.2, -0.15) is 23.7 Å². The second kappa shape index (κ2) is 17.7. The molecule has 0 saturated carbocycles. The molecule has 0 fully saturated rings. The molecule has 0 aliphatic rings. The predicted octanol–water partition coefficient (Wildman–Crippen LogP) is 18.2. The molecule has 12 aromatic rings. The Hall–Kier alpha value is -9.43. The van der Waals surface area contributed by atoms with Crippen molar-refractivity contribution in [3.05, 3.63) is 239 Å². The third kappa shape index (κ3) is 7.52. The second-order valence-electron chi connectivity index (χ2n) is 19.2. The van der Waals surface area contributed by atoms with Crippen molar-refractivity contribution in [3.63, 3.8) is 0 Å². The van der Waals surface area contributed by atoms with Gasteiger partial charge in [0.15, 0.2) is 0 Å². The molecular weight excluding hydrogens is 918 g/mol. The average Bonchev–Trinajstić information content (AvgIpc) is 3.91. The fourth-order valence-electron chi connectivity index (χ4n) is 11.2. The Balaban J connectivity index is 1.30. The number of nitrogens with zero attached hydrogens (tertiary/aromatic N) is 4. The molecule has 0 atom stereocenters. The molecule has 0 aliphatic carbocycles. The van der Waals surface area contributed by atoms with Gasteiger partial charge in [0, 0.05) is 27.1 Å². The van der Waals surface area contributed by atoms with Crippen molar-refractivity contribution in [1.29, 1.82) is 10.5 Å². The van der Waals surface area contributed by atoms with Crippen molar-refractivity contribution in [1.82, 2.24) is 9.13 Å². The maximum Gasteiger partial charge on any atom is 0.417 e. The van der Waals surface area contributed by atoms with Gasteiger partial charge >= 0.3 is 6.18 Å². The van der Waals surface area contributed by atoms with Crippen LogP contribution in [0.4, 0.5) is 13.2 Å². The number of hydrogen-bond donors (Lipinski definition) is 0. The molecule has 2 aromatic heterocycles. The van der Waals surface area contributed by atoms with E-state index < -0.39 is 11.7 Å². The van der Waals surface area contributed by atoms with E-state index in [2.05, 4.69) is 164 Å². The highest BCUT2D eigenvalue weighted by molar-refractivity contribution is 6.14. The summed E-state index contributed by atoms with van der Waals surface area (Å²) in [5.74, 6) is 0. The molecule has 0 bridgehead atoms. The van der Waals surface area contributed by atoms with E-state index in [0.717, 1.165) is 116 Å². The van der Waals surface area contributed by atoms with Crippen LogP contribution in [0.1, 0.15) is 38.9 Å². The van der Waals surface area contributed by atoms with E-state index in [9.17, 15) is 10.5 Å². The highest BCUT2D eigenvalue weighted by Gasteiger charge is 2.36. The van der Waals surface area contributed by atoms with E-state index in [0.29, 0.717) is 11.4 Å². The van der Waals surface area contributed by atoms with E-state index >= 15 is 13.2 Å². The number of benzene rings is 10. The Kier molecular flexibility index (Phi) is 10.9. The molecule has 0 amide bonds. The molecule has 2 heterocycles. The van der Waals surface area contributed by atoms with Crippen molar-refractivity contribution in [2.24, 2.45) is 0 Å². The Morgan fingerprint density at radius 3 is 0.973 bits per heavy atom. The first kappa shape index (κ1) is 45.7. The maximum absolute atomic E-state index is 16.1. The van der Waals surface area contributed by atoms with Crippen LogP contribution in [0, 0.1) is 50.4 Å². The molecule has 7 heteroatoms. The van der Waals surface area contributed by atoms with Crippen molar-refractivity contribution in [2.75, 3.05) is 0 Å². The van der Waals surface area contributed by atoms with E-state index in [1.54, 1.807) is 12.1 Å². The summed E-state index contributed by atoms with van der Waals surface area (Å²) in [4.78, 5) is 0. The van der Waals surface area contributed by atoms with Crippen LogP contribution in [0.2, 0.25) is 0 Å². The molecule has 10 aromatic carbocycles. The Morgan fingerprint density at radius 2 is 0.676 bits per heavy atom. The fraction of sp³-hybridized carbons (Fsp3) is 0.0746. The Labute approximate surface area is 426 Å². The van der Waals surface area contributed by atoms with Crippen LogP contribution in [0.15, 0.2) is 200 Å². The lowest BCUT2D eigenvalue weighted by Crippen LogP contribution is -2.11. The fourth-order valence-corrected chi connectivity index (χ4v) is 11.2. The van der Waals surface area contributed by atoms with E-state index in [1.165, 1.54) is 12.1 Å². The smallest absolute Gasteiger partial charge is 0.308 e. The quantitative estimate of drug-likeness (QED) is 0.160. The van der Waals surface area contributed by atoms with Gasteiger partial charge in [-0.05, 0) is 149 Å². The Bertz CT molecular complexity index is 3940. The van der Waals surface area contributed by atoms with Gasteiger partial charge in [0.05, 0.1) is 62.3 Å². The van der Waals surface area contributed by atoms with Crippen LogP contribution in [-0.4, -0.2) is 9.13 Å². The van der Waals surface area contributed by atoms with Gasteiger partial charge in [-0.3, -0.25) is 0 Å². The van der Waals surface area contributed by atoms with Gasteiger partial charge in [-0.15, -0.1) is 0 Å². The van der Waals surface area contributed by atoms with Gasteiger partial charge in [-0.25, -0.2) is 0 Å². The maximum atomic E-state index is 16.1. The zero-order valence-corrected chi connectivity index (χ0v) is 41.0. The highest BCUT2D eigenvalue weighted by atomic mass is 19.4. The first-order valence-corrected chi connectivity index (χ1v) is 24.5. The third-order valence-corrected chi connectivity index (χ3v) is 14.8. The minimum absolute atomic E-state index is 0.122. The van der Waals surface area contributed by atoms with Crippen LogP contribution in [0.5, 0.6) is 0 Å². The number of rotatable bonds is 7. The summed E-state index contributed by atoms with van der Waals surface area (Å²) in [6.45, 7) is 8.26. The van der Waals surface area contributed by atoms with Crippen molar-refractivity contribution < 1.29 is 13.2 Å². The zero-order chi connectivity index (χ0) is 51.0. The average molecular weight is 963 g/mol. The number of aryl methyl sites for hydroxylation is 4. The molecule has 0 unspecified atom stereocenters. The standard InChI is InChI=1S/C67H45F3N4/c1-40-13-5-9-17-50(40)46-22-27-54-55-28-23-47(51-18-10-6-14-41(51)2)35-61(55)73(60(54)34-46)64-32-45(39-72)33-65(66(64)58-26-21-44(38-71)31-59(58)67(68,69)70)74-62-36-48(52-19-11-7-15-42(52)3)24-29-56(62)57-30-25-49(37-63(57)74)53-20-12-8-16-43(53)4/h5-37H,1-4H3. The van der Waals surface area contributed by atoms with Crippen LogP contribution in [-0.2, 0) is 6.18 Å². The van der Waals surface area contributed by atoms with Gasteiger partial charge < -0.3 is 9.13 Å². The van der Waals surface area contributed by atoms with Gasteiger partial charge in [0.25, 0.3) is 0 Å². The first-order chi connectivity index (χ1) is 35.9. The lowest BCUT2D eigenvalue weighted by Gasteiger charge is -2.23. The number of fused-ring (bicyclic) bond motifs is 6. The van der Waals surface area contributed by atoms with E-state index in [-0.39, 0.29) is 22.3 Å². The van der Waals surface area contributed by atoms with Gasteiger partial charge in [-0.1, -0.05) is 152 Å². The number of nitriles is 2. The zero-order valence-electron chi connectivity index (χ0n) is 41.0. The summed E-state index contributed by atoms with van der Waals surface area (Å²) in [6, 6.07) is 69.5. The molecule has 0 N–H and O–H groups in total. The van der Waals surface area contributed by atoms with Crippen molar-refractivity contribution in [3.8, 4) is 79.1 Å². The largest absolute Gasteiger partial charge is 0.417 e. The predicted molar refractivity (Wildman–Crippen MR) is 296 cm³/mol. The summed E-state index contributed by atoms with van der Waals surface area (Å²) < 4.78 is 52.4. The van der Waals surface area contributed by atoms with Crippen LogP contribution in [0.3, 0.4) is 0 Å². The van der Waals surface area contributed by atoms with Crippen molar-refractivity contribution >= 4 is 43.6 Å². The number of alkyl halides is 3.